The molecule has 7 heteroatoms. The molecule has 2 aromatic rings. The molecule has 0 aliphatic carbocycles. The lowest BCUT2D eigenvalue weighted by atomic mass is 10.3. The summed E-state index contributed by atoms with van der Waals surface area (Å²) < 4.78 is 5.14. The molecule has 0 aliphatic heterocycles. The summed E-state index contributed by atoms with van der Waals surface area (Å²) in [6.45, 7) is 0. The number of carboxylic acids is 1. The largest absolute Gasteiger partial charge is 0.497 e. The fourth-order valence-electron chi connectivity index (χ4n) is 1.50. The van der Waals surface area contributed by atoms with E-state index in [9.17, 15) is 4.79 Å². The highest BCUT2D eigenvalue weighted by Crippen LogP contribution is 2.33. The quantitative estimate of drug-likeness (QED) is 0.938. The van der Waals surface area contributed by atoms with Crippen molar-refractivity contribution in [2.24, 2.45) is 0 Å². The molecule has 5 nitrogen and oxygen atoms in total. The average Bonchev–Trinajstić information content (AvgIpc) is 2.80. The van der Waals surface area contributed by atoms with E-state index in [1.807, 2.05) is 24.3 Å². The molecule has 0 amide bonds. The molecule has 1 aromatic carbocycles. The maximum Gasteiger partial charge on any atom is 0.349 e. The van der Waals surface area contributed by atoms with Crippen molar-refractivity contribution >= 4 is 39.7 Å². The van der Waals surface area contributed by atoms with Crippen LogP contribution in [0.2, 0.25) is 5.15 Å². The summed E-state index contributed by atoms with van der Waals surface area (Å²) in [4.78, 5) is 16.8. The number of benzene rings is 1. The van der Waals surface area contributed by atoms with Crippen LogP contribution in [0.15, 0.2) is 24.3 Å². The summed E-state index contributed by atoms with van der Waals surface area (Å²) in [6, 6.07) is 7.38. The summed E-state index contributed by atoms with van der Waals surface area (Å²) in [5.41, 5.74) is 0.835. The molecule has 19 heavy (non-hydrogen) atoms. The molecule has 0 spiro atoms. The molecule has 0 fully saturated rings. The number of nitrogens with zero attached hydrogens (tertiary/aromatic N) is 2. The van der Waals surface area contributed by atoms with Gasteiger partial charge in [-0.1, -0.05) is 29.0 Å². The number of carbonyl (C=O) groups is 1. The minimum Gasteiger partial charge on any atom is -0.497 e. The lowest BCUT2D eigenvalue weighted by Crippen LogP contribution is -2.08. The fourth-order valence-corrected chi connectivity index (χ4v) is 2.60. The van der Waals surface area contributed by atoms with Crippen LogP contribution in [-0.4, -0.2) is 30.2 Å². The van der Waals surface area contributed by atoms with Crippen LogP contribution in [0.1, 0.15) is 9.67 Å². The zero-order chi connectivity index (χ0) is 14.0. The van der Waals surface area contributed by atoms with Gasteiger partial charge >= 0.3 is 5.97 Å². The van der Waals surface area contributed by atoms with Crippen LogP contribution < -0.4 is 9.64 Å². The molecule has 0 saturated heterocycles. The molecule has 0 aliphatic rings. The predicted molar refractivity (Wildman–Crippen MR) is 75.1 cm³/mol. The van der Waals surface area contributed by atoms with Crippen LogP contribution in [-0.2, 0) is 0 Å². The van der Waals surface area contributed by atoms with Crippen molar-refractivity contribution in [1.29, 1.82) is 0 Å². The first kappa shape index (κ1) is 13.6. The number of hydrogen-bond acceptors (Lipinski definition) is 5. The topological polar surface area (TPSA) is 62.7 Å². The minimum absolute atomic E-state index is 0.00208. The fraction of sp³-hybridized carbons (Fsp3) is 0.167. The Morgan fingerprint density at radius 2 is 2.26 bits per heavy atom. The number of methoxy groups -OCH3 is 1. The van der Waals surface area contributed by atoms with Gasteiger partial charge in [-0.05, 0) is 12.1 Å². The first-order valence-corrected chi connectivity index (χ1v) is 6.49. The van der Waals surface area contributed by atoms with E-state index in [-0.39, 0.29) is 10.0 Å². The van der Waals surface area contributed by atoms with E-state index in [2.05, 4.69) is 4.98 Å². The zero-order valence-corrected chi connectivity index (χ0v) is 11.8. The number of aromatic nitrogens is 1. The summed E-state index contributed by atoms with van der Waals surface area (Å²) in [7, 11) is 3.37. The summed E-state index contributed by atoms with van der Waals surface area (Å²) in [5, 5.41) is 9.47. The molecule has 0 bridgehead atoms. The molecule has 0 saturated carbocycles. The lowest BCUT2D eigenvalue weighted by molar-refractivity contribution is 0.0702. The molecular formula is C12H11ClN2O3S. The number of rotatable bonds is 4. The van der Waals surface area contributed by atoms with Gasteiger partial charge in [0.15, 0.2) is 15.2 Å². The van der Waals surface area contributed by atoms with E-state index in [4.69, 9.17) is 21.4 Å². The van der Waals surface area contributed by atoms with Gasteiger partial charge in [0, 0.05) is 18.8 Å². The van der Waals surface area contributed by atoms with Crippen molar-refractivity contribution in [3.63, 3.8) is 0 Å². The van der Waals surface area contributed by atoms with Gasteiger partial charge in [-0.25, -0.2) is 9.78 Å². The maximum atomic E-state index is 10.9. The van der Waals surface area contributed by atoms with Crippen molar-refractivity contribution in [3.05, 3.63) is 34.3 Å². The molecule has 100 valence electrons. The summed E-state index contributed by atoms with van der Waals surface area (Å²) >= 11 is 6.82. The molecule has 1 N–H and O–H groups in total. The SMILES string of the molecule is COc1cccc(N(C)c2nc(Cl)c(C(=O)O)s2)c1. The Morgan fingerprint density at radius 3 is 2.84 bits per heavy atom. The van der Waals surface area contributed by atoms with E-state index in [0.29, 0.717) is 10.9 Å². The molecule has 0 atom stereocenters. The van der Waals surface area contributed by atoms with Crippen molar-refractivity contribution in [1.82, 2.24) is 4.98 Å². The number of aromatic carboxylic acids is 1. The monoisotopic (exact) mass is 298 g/mol. The van der Waals surface area contributed by atoms with E-state index >= 15 is 0 Å². The number of carboxylic acid groups (broad SMARTS) is 1. The van der Waals surface area contributed by atoms with Gasteiger partial charge < -0.3 is 14.7 Å². The Morgan fingerprint density at radius 1 is 1.53 bits per heavy atom. The van der Waals surface area contributed by atoms with Crippen molar-refractivity contribution in [2.45, 2.75) is 0 Å². The van der Waals surface area contributed by atoms with E-state index in [0.717, 1.165) is 17.0 Å². The van der Waals surface area contributed by atoms with Crippen LogP contribution in [0.5, 0.6) is 5.75 Å². The van der Waals surface area contributed by atoms with Crippen LogP contribution in [0.25, 0.3) is 0 Å². The van der Waals surface area contributed by atoms with Crippen molar-refractivity contribution < 1.29 is 14.6 Å². The highest BCUT2D eigenvalue weighted by molar-refractivity contribution is 7.18. The number of hydrogen-bond donors (Lipinski definition) is 1. The smallest absolute Gasteiger partial charge is 0.349 e. The van der Waals surface area contributed by atoms with Gasteiger partial charge in [-0.3, -0.25) is 0 Å². The third-order valence-electron chi connectivity index (χ3n) is 2.50. The summed E-state index contributed by atoms with van der Waals surface area (Å²) in [5.74, 6) is -0.363. The van der Waals surface area contributed by atoms with Crippen molar-refractivity contribution in [2.75, 3.05) is 19.1 Å². The van der Waals surface area contributed by atoms with Gasteiger partial charge in [0.05, 0.1) is 7.11 Å². The first-order valence-electron chi connectivity index (χ1n) is 5.30. The van der Waals surface area contributed by atoms with Crippen LogP contribution in [0.4, 0.5) is 10.8 Å². The van der Waals surface area contributed by atoms with Crippen LogP contribution >= 0.6 is 22.9 Å². The van der Waals surface area contributed by atoms with E-state index in [1.54, 1.807) is 19.1 Å². The van der Waals surface area contributed by atoms with Gasteiger partial charge in [0.25, 0.3) is 0 Å². The Balaban J connectivity index is 2.35. The Labute approximate surface area is 119 Å². The Kier molecular flexibility index (Phi) is 3.92. The summed E-state index contributed by atoms with van der Waals surface area (Å²) in [6.07, 6.45) is 0. The molecule has 0 unspecified atom stereocenters. The van der Waals surface area contributed by atoms with Gasteiger partial charge in [-0.15, -0.1) is 0 Å². The van der Waals surface area contributed by atoms with Crippen LogP contribution in [0, 0.1) is 0 Å². The second-order valence-electron chi connectivity index (χ2n) is 3.68. The third kappa shape index (κ3) is 2.80. The lowest BCUT2D eigenvalue weighted by Gasteiger charge is -2.16. The van der Waals surface area contributed by atoms with Gasteiger partial charge in [0.1, 0.15) is 5.75 Å². The molecular weight excluding hydrogens is 288 g/mol. The van der Waals surface area contributed by atoms with Gasteiger partial charge in [0.2, 0.25) is 0 Å². The van der Waals surface area contributed by atoms with E-state index in [1.165, 1.54) is 0 Å². The number of anilines is 2. The predicted octanol–water partition coefficient (Wildman–Crippen LogP) is 3.27. The maximum absolute atomic E-state index is 10.9. The molecule has 2 rings (SSSR count). The molecule has 1 aromatic heterocycles. The number of thiazole rings is 1. The second kappa shape index (κ2) is 5.46. The second-order valence-corrected chi connectivity index (χ2v) is 5.02. The molecule has 0 radical (unpaired) electrons. The van der Waals surface area contributed by atoms with Crippen LogP contribution in [0.3, 0.4) is 0 Å². The van der Waals surface area contributed by atoms with Gasteiger partial charge in [-0.2, -0.15) is 0 Å². The third-order valence-corrected chi connectivity index (χ3v) is 4.00. The minimum atomic E-state index is -1.08. The zero-order valence-electron chi connectivity index (χ0n) is 10.3. The highest BCUT2D eigenvalue weighted by atomic mass is 35.5. The van der Waals surface area contributed by atoms with Crippen molar-refractivity contribution in [3.8, 4) is 5.75 Å². The number of ether oxygens (including phenoxy) is 1. The normalized spacial score (nSPS) is 10.3. The standard InChI is InChI=1S/C12H11ClN2O3S/c1-15(7-4-3-5-8(6-7)18-2)12-14-10(13)9(19-12)11(16)17/h3-6H,1-2H3,(H,16,17). The highest BCUT2D eigenvalue weighted by Gasteiger charge is 2.18. The average molecular weight is 299 g/mol. The molecule has 1 heterocycles. The first-order chi connectivity index (χ1) is 9.02. The Hall–Kier alpha value is -1.79. The number of halogens is 1. The Bertz CT molecular complexity index is 615. The van der Waals surface area contributed by atoms with E-state index < -0.39 is 5.97 Å².